The topological polar surface area (TPSA) is 113 Å². The lowest BCUT2D eigenvalue weighted by atomic mass is 10.1. The largest absolute Gasteiger partial charge is 0.351 e. The fraction of sp³-hybridized carbons (Fsp3) is 0.300. The highest BCUT2D eigenvalue weighted by atomic mass is 32.2. The van der Waals surface area contributed by atoms with E-state index in [0.717, 1.165) is 6.26 Å². The number of nitrogens with one attached hydrogen (secondary N) is 3. The van der Waals surface area contributed by atoms with Gasteiger partial charge in [-0.25, -0.2) is 13.1 Å². The predicted octanol–water partition coefficient (Wildman–Crippen LogP) is -0.749. The standard InChI is InChI=1S/C10H16N4O3S/c1-18(16,17)13-7-6-12-10(15)8-4-2-3-5-9(8)14-11/h2-5,13-14H,6-7,11H2,1H3,(H,12,15). The van der Waals surface area contributed by atoms with Gasteiger partial charge in [0.1, 0.15) is 0 Å². The molecule has 0 saturated carbocycles. The molecule has 0 atom stereocenters. The normalized spacial score (nSPS) is 11.0. The molecular weight excluding hydrogens is 256 g/mol. The number of carbonyl (C=O) groups excluding carboxylic acids is 1. The number of para-hydroxylation sites is 1. The Labute approximate surface area is 106 Å². The summed E-state index contributed by atoms with van der Waals surface area (Å²) in [5.74, 6) is 4.96. The number of rotatable bonds is 6. The van der Waals surface area contributed by atoms with E-state index < -0.39 is 10.0 Å². The summed E-state index contributed by atoms with van der Waals surface area (Å²) < 4.78 is 23.9. The first-order valence-corrected chi connectivity index (χ1v) is 7.11. The van der Waals surface area contributed by atoms with Gasteiger partial charge in [0.05, 0.1) is 17.5 Å². The smallest absolute Gasteiger partial charge is 0.253 e. The van der Waals surface area contributed by atoms with Gasteiger partial charge in [0.25, 0.3) is 5.91 Å². The molecule has 1 aromatic carbocycles. The van der Waals surface area contributed by atoms with E-state index in [1.807, 2.05) is 0 Å². The minimum atomic E-state index is -3.23. The number of nitrogens with two attached hydrogens (primary N) is 1. The Hall–Kier alpha value is -1.64. The van der Waals surface area contributed by atoms with Crippen molar-refractivity contribution in [2.45, 2.75) is 0 Å². The highest BCUT2D eigenvalue weighted by molar-refractivity contribution is 7.88. The lowest BCUT2D eigenvalue weighted by molar-refractivity contribution is 0.0955. The SMILES string of the molecule is CS(=O)(=O)NCCNC(=O)c1ccccc1NN. The van der Waals surface area contributed by atoms with Crippen LogP contribution in [0.5, 0.6) is 0 Å². The molecule has 7 nitrogen and oxygen atoms in total. The van der Waals surface area contributed by atoms with Crippen LogP contribution in [0.1, 0.15) is 10.4 Å². The van der Waals surface area contributed by atoms with E-state index in [1.165, 1.54) is 0 Å². The maximum atomic E-state index is 11.8. The highest BCUT2D eigenvalue weighted by Crippen LogP contribution is 2.12. The van der Waals surface area contributed by atoms with Gasteiger partial charge in [-0.05, 0) is 12.1 Å². The van der Waals surface area contributed by atoms with Crippen LogP contribution in [0.2, 0.25) is 0 Å². The quantitative estimate of drug-likeness (QED) is 0.309. The van der Waals surface area contributed by atoms with Crippen LogP contribution in [0, 0.1) is 0 Å². The van der Waals surface area contributed by atoms with Crippen LogP contribution >= 0.6 is 0 Å². The molecule has 1 aromatic rings. The summed E-state index contributed by atoms with van der Waals surface area (Å²) in [5.41, 5.74) is 3.33. The molecule has 100 valence electrons. The van der Waals surface area contributed by atoms with Crippen LogP contribution in [-0.4, -0.2) is 33.7 Å². The molecule has 0 fully saturated rings. The summed E-state index contributed by atoms with van der Waals surface area (Å²) in [6.45, 7) is 0.341. The Kier molecular flexibility index (Phi) is 5.08. The third kappa shape index (κ3) is 4.70. The fourth-order valence-electron chi connectivity index (χ4n) is 1.31. The van der Waals surface area contributed by atoms with E-state index in [9.17, 15) is 13.2 Å². The van der Waals surface area contributed by atoms with Gasteiger partial charge in [0.15, 0.2) is 0 Å². The first kappa shape index (κ1) is 14.4. The summed E-state index contributed by atoms with van der Waals surface area (Å²) in [6, 6.07) is 6.75. The Balaban J connectivity index is 2.51. The number of sulfonamides is 1. The maximum absolute atomic E-state index is 11.8. The first-order valence-electron chi connectivity index (χ1n) is 5.22. The predicted molar refractivity (Wildman–Crippen MR) is 69.4 cm³/mol. The van der Waals surface area contributed by atoms with E-state index in [0.29, 0.717) is 11.3 Å². The molecule has 0 heterocycles. The van der Waals surface area contributed by atoms with Gasteiger partial charge in [-0.15, -0.1) is 0 Å². The number of hydrogen-bond acceptors (Lipinski definition) is 5. The van der Waals surface area contributed by atoms with Gasteiger partial charge < -0.3 is 10.7 Å². The van der Waals surface area contributed by atoms with Crippen LogP contribution in [0.4, 0.5) is 5.69 Å². The third-order valence-electron chi connectivity index (χ3n) is 2.10. The lowest BCUT2D eigenvalue weighted by Gasteiger charge is -2.09. The second-order valence-corrected chi connectivity index (χ2v) is 5.45. The van der Waals surface area contributed by atoms with Crippen molar-refractivity contribution in [1.82, 2.24) is 10.0 Å². The number of amides is 1. The van der Waals surface area contributed by atoms with Crippen molar-refractivity contribution in [3.63, 3.8) is 0 Å². The van der Waals surface area contributed by atoms with Crippen molar-refractivity contribution < 1.29 is 13.2 Å². The third-order valence-corrected chi connectivity index (χ3v) is 2.83. The van der Waals surface area contributed by atoms with E-state index >= 15 is 0 Å². The summed E-state index contributed by atoms with van der Waals surface area (Å²) in [5, 5.41) is 2.58. The molecule has 0 aliphatic heterocycles. The van der Waals surface area contributed by atoms with E-state index in [-0.39, 0.29) is 19.0 Å². The molecule has 0 aliphatic rings. The van der Waals surface area contributed by atoms with Crippen molar-refractivity contribution in [3.05, 3.63) is 29.8 Å². The molecule has 18 heavy (non-hydrogen) atoms. The van der Waals surface area contributed by atoms with E-state index in [2.05, 4.69) is 15.5 Å². The van der Waals surface area contributed by atoms with Crippen LogP contribution in [0.15, 0.2) is 24.3 Å². The Morgan fingerprint density at radius 3 is 2.56 bits per heavy atom. The number of hydrazine groups is 1. The fourth-order valence-corrected chi connectivity index (χ4v) is 1.79. The van der Waals surface area contributed by atoms with Gasteiger partial charge in [-0.1, -0.05) is 12.1 Å². The zero-order valence-corrected chi connectivity index (χ0v) is 10.8. The second-order valence-electron chi connectivity index (χ2n) is 3.61. The Morgan fingerprint density at radius 1 is 1.28 bits per heavy atom. The second kappa shape index (κ2) is 6.34. The summed E-state index contributed by atoms with van der Waals surface area (Å²) in [7, 11) is -3.23. The number of hydrogen-bond donors (Lipinski definition) is 4. The van der Waals surface area contributed by atoms with Crippen molar-refractivity contribution in [2.24, 2.45) is 5.84 Å². The van der Waals surface area contributed by atoms with Gasteiger partial charge in [-0.3, -0.25) is 10.6 Å². The van der Waals surface area contributed by atoms with E-state index in [4.69, 9.17) is 5.84 Å². The van der Waals surface area contributed by atoms with Crippen molar-refractivity contribution in [3.8, 4) is 0 Å². The molecule has 0 unspecified atom stereocenters. The van der Waals surface area contributed by atoms with Crippen molar-refractivity contribution in [2.75, 3.05) is 24.8 Å². The summed E-state index contributed by atoms with van der Waals surface area (Å²) in [4.78, 5) is 11.8. The number of nitrogen functional groups attached to an aromatic ring is 1. The maximum Gasteiger partial charge on any atom is 0.253 e. The molecule has 0 aromatic heterocycles. The van der Waals surface area contributed by atoms with Crippen molar-refractivity contribution in [1.29, 1.82) is 0 Å². The summed E-state index contributed by atoms with van der Waals surface area (Å²) in [6.07, 6.45) is 1.06. The van der Waals surface area contributed by atoms with Gasteiger partial charge in [0.2, 0.25) is 10.0 Å². The minimum absolute atomic E-state index is 0.142. The molecule has 5 N–H and O–H groups in total. The molecule has 0 aliphatic carbocycles. The zero-order chi connectivity index (χ0) is 13.6. The summed E-state index contributed by atoms with van der Waals surface area (Å²) >= 11 is 0. The van der Waals surface area contributed by atoms with Gasteiger partial charge in [-0.2, -0.15) is 0 Å². The van der Waals surface area contributed by atoms with Gasteiger partial charge >= 0.3 is 0 Å². The first-order chi connectivity index (χ1) is 8.44. The number of benzene rings is 1. The van der Waals surface area contributed by atoms with Crippen LogP contribution in [0.3, 0.4) is 0 Å². The monoisotopic (exact) mass is 272 g/mol. The highest BCUT2D eigenvalue weighted by Gasteiger charge is 2.09. The molecule has 0 bridgehead atoms. The Morgan fingerprint density at radius 2 is 1.94 bits per heavy atom. The van der Waals surface area contributed by atoms with Gasteiger partial charge in [0, 0.05) is 13.1 Å². The zero-order valence-electron chi connectivity index (χ0n) is 9.93. The number of anilines is 1. The average molecular weight is 272 g/mol. The minimum Gasteiger partial charge on any atom is -0.351 e. The lowest BCUT2D eigenvalue weighted by Crippen LogP contribution is -2.34. The molecule has 1 rings (SSSR count). The van der Waals surface area contributed by atoms with Crippen LogP contribution < -0.4 is 21.3 Å². The molecule has 0 radical (unpaired) electrons. The molecule has 0 spiro atoms. The van der Waals surface area contributed by atoms with E-state index in [1.54, 1.807) is 24.3 Å². The number of carbonyl (C=O) groups is 1. The average Bonchev–Trinajstić information content (AvgIpc) is 2.33. The Bertz CT molecular complexity index is 516. The molecule has 0 saturated heterocycles. The molecule has 8 heteroatoms. The van der Waals surface area contributed by atoms with Crippen LogP contribution in [-0.2, 0) is 10.0 Å². The molecule has 1 amide bonds. The molecular formula is C10H16N4O3S. The van der Waals surface area contributed by atoms with Crippen LogP contribution in [0.25, 0.3) is 0 Å². The van der Waals surface area contributed by atoms with Crippen molar-refractivity contribution >= 4 is 21.6 Å².